The number of amides is 1. The molecule has 9 heteroatoms. The average Bonchev–Trinajstić information content (AvgIpc) is 3.14. The van der Waals surface area contributed by atoms with Crippen molar-refractivity contribution in [1.29, 1.82) is 0 Å². The number of carbonyl (C=O) groups excluding carboxylic acids is 1. The number of hydrogen-bond acceptors (Lipinski definition) is 8. The van der Waals surface area contributed by atoms with Gasteiger partial charge in [0, 0.05) is 6.42 Å². The molecule has 52 heavy (non-hydrogen) atoms. The minimum Gasteiger partial charge on any atom is -0.394 e. The van der Waals surface area contributed by atoms with Crippen LogP contribution in [0.5, 0.6) is 0 Å². The zero-order valence-electron chi connectivity index (χ0n) is 33.8. The summed E-state index contributed by atoms with van der Waals surface area (Å²) in [6, 6.07) is -0.709. The van der Waals surface area contributed by atoms with Crippen LogP contribution in [-0.4, -0.2) is 87.5 Å². The molecule has 7 unspecified atom stereocenters. The van der Waals surface area contributed by atoms with Gasteiger partial charge in [0.1, 0.15) is 24.4 Å². The summed E-state index contributed by atoms with van der Waals surface area (Å²) in [4.78, 5) is 12.9. The van der Waals surface area contributed by atoms with Crippen molar-refractivity contribution < 1.29 is 39.8 Å². The van der Waals surface area contributed by atoms with E-state index in [1.165, 1.54) is 148 Å². The quantitative estimate of drug-likeness (QED) is 0.0346. The topological polar surface area (TPSA) is 149 Å². The van der Waals surface area contributed by atoms with Crippen molar-refractivity contribution in [2.75, 3.05) is 13.2 Å². The molecule has 1 saturated heterocycles. The van der Waals surface area contributed by atoms with Gasteiger partial charge in [0.05, 0.1) is 25.4 Å². The highest BCUT2D eigenvalue weighted by Crippen LogP contribution is 2.23. The largest absolute Gasteiger partial charge is 0.394 e. The van der Waals surface area contributed by atoms with Gasteiger partial charge >= 0.3 is 0 Å². The Bertz CT molecular complexity index is 786. The van der Waals surface area contributed by atoms with Crippen LogP contribution >= 0.6 is 0 Å². The molecule has 0 radical (unpaired) electrons. The van der Waals surface area contributed by atoms with Crippen molar-refractivity contribution in [2.24, 2.45) is 0 Å². The van der Waals surface area contributed by atoms with E-state index in [4.69, 9.17) is 9.47 Å². The first kappa shape index (κ1) is 49.2. The number of aliphatic hydroxyl groups is 5. The second-order valence-electron chi connectivity index (χ2n) is 15.9. The van der Waals surface area contributed by atoms with E-state index in [0.717, 1.165) is 38.5 Å². The molecule has 0 spiro atoms. The van der Waals surface area contributed by atoms with Crippen molar-refractivity contribution >= 4 is 5.91 Å². The molecular formula is C43H85NO8. The first-order valence-electron chi connectivity index (χ1n) is 22.2. The summed E-state index contributed by atoms with van der Waals surface area (Å²) in [5.41, 5.74) is 0. The zero-order chi connectivity index (χ0) is 38.1. The molecule has 1 aliphatic rings. The fourth-order valence-corrected chi connectivity index (χ4v) is 7.34. The lowest BCUT2D eigenvalue weighted by atomic mass is 9.99. The Balaban J connectivity index is 2.22. The van der Waals surface area contributed by atoms with Crippen LogP contribution in [0.4, 0.5) is 0 Å². The Hall–Kier alpha value is -0.810. The van der Waals surface area contributed by atoms with E-state index in [9.17, 15) is 30.3 Å². The summed E-state index contributed by atoms with van der Waals surface area (Å²) in [7, 11) is 0. The highest BCUT2D eigenvalue weighted by molar-refractivity contribution is 5.76. The maximum absolute atomic E-state index is 12.9. The van der Waals surface area contributed by atoms with Gasteiger partial charge in [0.15, 0.2) is 6.29 Å². The third kappa shape index (κ3) is 25.3. The normalized spacial score (nSPS) is 21.7. The molecule has 1 aliphatic heterocycles. The highest BCUT2D eigenvalue weighted by atomic mass is 16.7. The summed E-state index contributed by atoms with van der Waals surface area (Å²) in [5.74, 6) is -0.143. The standard InChI is InChI=1S/C43H85NO8/c1-3-5-7-9-11-13-14-15-16-17-18-19-20-21-22-23-24-25-27-29-31-33-39(47)44-36(37(46)32-30-28-26-12-10-8-6-4-2)35-51-43-42(50)41(49)40(48)38(34-45)52-43/h36-38,40-43,45-46,48-50H,3-35H2,1-2H3,(H,44,47). The zero-order valence-corrected chi connectivity index (χ0v) is 33.8. The monoisotopic (exact) mass is 744 g/mol. The molecule has 6 N–H and O–H groups in total. The molecular weight excluding hydrogens is 658 g/mol. The van der Waals surface area contributed by atoms with Crippen LogP contribution < -0.4 is 5.32 Å². The maximum Gasteiger partial charge on any atom is 0.220 e. The molecule has 0 bridgehead atoms. The van der Waals surface area contributed by atoms with E-state index in [1.54, 1.807) is 0 Å². The van der Waals surface area contributed by atoms with Crippen molar-refractivity contribution in [3.63, 3.8) is 0 Å². The van der Waals surface area contributed by atoms with Gasteiger partial charge in [-0.25, -0.2) is 0 Å². The van der Waals surface area contributed by atoms with E-state index >= 15 is 0 Å². The summed E-state index contributed by atoms with van der Waals surface area (Å²) >= 11 is 0. The van der Waals surface area contributed by atoms with Crippen LogP contribution in [0.2, 0.25) is 0 Å². The summed E-state index contributed by atoms with van der Waals surface area (Å²) < 4.78 is 11.2. The molecule has 9 nitrogen and oxygen atoms in total. The molecule has 7 atom stereocenters. The fourth-order valence-electron chi connectivity index (χ4n) is 7.34. The number of unbranched alkanes of at least 4 members (excludes halogenated alkanes) is 27. The number of aliphatic hydroxyl groups excluding tert-OH is 5. The lowest BCUT2D eigenvalue weighted by Gasteiger charge is -2.40. The SMILES string of the molecule is CCCCCCCCCCCCCCCCCCCCCCCC(=O)NC(COC1OC(CO)C(O)C(O)C1O)C(O)CCCCCCCCCC. The molecule has 0 aromatic heterocycles. The molecule has 1 amide bonds. The molecule has 1 heterocycles. The van der Waals surface area contributed by atoms with Gasteiger partial charge in [-0.1, -0.05) is 194 Å². The van der Waals surface area contributed by atoms with Gasteiger partial charge in [-0.3, -0.25) is 4.79 Å². The maximum atomic E-state index is 12.9. The number of ether oxygens (including phenoxy) is 2. The number of hydrogen-bond donors (Lipinski definition) is 6. The Kier molecular flexibility index (Phi) is 32.8. The second kappa shape index (κ2) is 34.7. The number of rotatable bonds is 37. The Morgan fingerprint density at radius 1 is 0.577 bits per heavy atom. The van der Waals surface area contributed by atoms with E-state index in [2.05, 4.69) is 19.2 Å². The predicted molar refractivity (Wildman–Crippen MR) is 212 cm³/mol. The van der Waals surface area contributed by atoms with E-state index in [0.29, 0.717) is 12.8 Å². The van der Waals surface area contributed by atoms with Crippen molar-refractivity contribution in [3.8, 4) is 0 Å². The van der Waals surface area contributed by atoms with E-state index in [1.807, 2.05) is 0 Å². The molecule has 310 valence electrons. The van der Waals surface area contributed by atoms with Crippen LogP contribution in [-0.2, 0) is 14.3 Å². The van der Waals surface area contributed by atoms with Gasteiger partial charge in [-0.2, -0.15) is 0 Å². The van der Waals surface area contributed by atoms with Crippen molar-refractivity contribution in [2.45, 2.75) is 256 Å². The average molecular weight is 744 g/mol. The van der Waals surface area contributed by atoms with Crippen LogP contribution in [0.3, 0.4) is 0 Å². The summed E-state index contributed by atoms with van der Waals surface area (Å²) in [5, 5.41) is 54.1. The first-order chi connectivity index (χ1) is 25.3. The molecule has 0 saturated carbocycles. The van der Waals surface area contributed by atoms with Gasteiger partial charge in [-0.05, 0) is 12.8 Å². The minimum atomic E-state index is -1.55. The van der Waals surface area contributed by atoms with E-state index in [-0.39, 0.29) is 12.5 Å². The number of nitrogens with one attached hydrogen (secondary N) is 1. The van der Waals surface area contributed by atoms with Crippen LogP contribution in [0.25, 0.3) is 0 Å². The van der Waals surface area contributed by atoms with Crippen LogP contribution in [0.1, 0.15) is 213 Å². The Labute approximate surface area is 319 Å². The predicted octanol–water partition coefficient (Wildman–Crippen LogP) is 8.78. The molecule has 0 aromatic rings. The lowest BCUT2D eigenvalue weighted by molar-refractivity contribution is -0.302. The van der Waals surface area contributed by atoms with E-state index < -0.39 is 49.5 Å². The van der Waals surface area contributed by atoms with Gasteiger partial charge in [-0.15, -0.1) is 0 Å². The third-order valence-corrected chi connectivity index (χ3v) is 11.0. The van der Waals surface area contributed by atoms with Crippen LogP contribution in [0.15, 0.2) is 0 Å². The first-order valence-corrected chi connectivity index (χ1v) is 22.2. The Morgan fingerprint density at radius 2 is 0.962 bits per heavy atom. The van der Waals surface area contributed by atoms with Gasteiger partial charge in [0.25, 0.3) is 0 Å². The molecule has 1 rings (SSSR count). The summed E-state index contributed by atoms with van der Waals surface area (Å²) in [6.07, 6.45) is 29.9. The lowest BCUT2D eigenvalue weighted by Crippen LogP contribution is -2.60. The smallest absolute Gasteiger partial charge is 0.220 e. The highest BCUT2D eigenvalue weighted by Gasteiger charge is 2.44. The fraction of sp³-hybridized carbons (Fsp3) is 0.977. The van der Waals surface area contributed by atoms with Crippen molar-refractivity contribution in [1.82, 2.24) is 5.32 Å². The van der Waals surface area contributed by atoms with Gasteiger partial charge < -0.3 is 40.3 Å². The van der Waals surface area contributed by atoms with Crippen LogP contribution in [0, 0.1) is 0 Å². The minimum absolute atomic E-state index is 0.133. The molecule has 0 aliphatic carbocycles. The second-order valence-corrected chi connectivity index (χ2v) is 15.9. The summed E-state index contributed by atoms with van der Waals surface area (Å²) in [6.45, 7) is 3.81. The molecule has 0 aromatic carbocycles. The Morgan fingerprint density at radius 3 is 1.37 bits per heavy atom. The third-order valence-electron chi connectivity index (χ3n) is 11.0. The van der Waals surface area contributed by atoms with Crippen molar-refractivity contribution in [3.05, 3.63) is 0 Å². The number of carbonyl (C=O) groups is 1. The molecule has 1 fully saturated rings. The van der Waals surface area contributed by atoms with Gasteiger partial charge in [0.2, 0.25) is 5.91 Å².